The van der Waals surface area contributed by atoms with Crippen molar-refractivity contribution in [1.82, 2.24) is 20.4 Å². The largest absolute Gasteiger partial charge is 0.357 e. The highest BCUT2D eigenvalue weighted by Crippen LogP contribution is 2.19. The Morgan fingerprint density at radius 3 is 2.70 bits per heavy atom. The van der Waals surface area contributed by atoms with Crippen molar-refractivity contribution in [1.29, 1.82) is 0 Å². The Morgan fingerprint density at radius 1 is 1.15 bits per heavy atom. The first-order valence-electron chi connectivity index (χ1n) is 9.36. The van der Waals surface area contributed by atoms with Crippen LogP contribution in [0.3, 0.4) is 0 Å². The molecule has 3 rings (SSSR count). The van der Waals surface area contributed by atoms with Crippen molar-refractivity contribution in [2.75, 3.05) is 13.1 Å². The van der Waals surface area contributed by atoms with Gasteiger partial charge in [-0.1, -0.05) is 37.3 Å². The number of nitrogens with one attached hydrogen (secondary N) is 2. The molecule has 5 nitrogen and oxygen atoms in total. The van der Waals surface area contributed by atoms with Crippen LogP contribution in [0, 0.1) is 0 Å². The number of rotatable bonds is 8. The molecule has 0 fully saturated rings. The van der Waals surface area contributed by atoms with Gasteiger partial charge in [0.05, 0.1) is 13.1 Å². The summed E-state index contributed by atoms with van der Waals surface area (Å²) >= 11 is 1.80. The second kappa shape index (κ2) is 9.92. The van der Waals surface area contributed by atoms with E-state index < -0.39 is 0 Å². The molecule has 0 aliphatic heterocycles. The summed E-state index contributed by atoms with van der Waals surface area (Å²) in [6, 6.07) is 14.7. The first kappa shape index (κ1) is 19.2. The molecule has 0 aliphatic carbocycles. The molecule has 2 heterocycles. The van der Waals surface area contributed by atoms with Crippen molar-refractivity contribution in [2.45, 2.75) is 32.9 Å². The lowest BCUT2D eigenvalue weighted by Gasteiger charge is -2.15. The minimum atomic E-state index is 0.459. The molecule has 0 spiro atoms. The molecule has 6 heteroatoms. The van der Waals surface area contributed by atoms with Crippen LogP contribution in [0.15, 0.2) is 65.2 Å². The fourth-order valence-electron chi connectivity index (χ4n) is 2.86. The van der Waals surface area contributed by atoms with E-state index >= 15 is 0 Å². The lowest BCUT2D eigenvalue weighted by atomic mass is 10.1. The molecule has 0 radical (unpaired) electrons. The third-order valence-electron chi connectivity index (χ3n) is 4.37. The van der Waals surface area contributed by atoms with Crippen LogP contribution in [0.2, 0.25) is 0 Å². The first-order chi connectivity index (χ1) is 13.3. The number of guanidine groups is 1. The average Bonchev–Trinajstić information content (AvgIpc) is 3.39. The summed E-state index contributed by atoms with van der Waals surface area (Å²) in [5, 5.41) is 13.2. The third kappa shape index (κ3) is 5.69. The summed E-state index contributed by atoms with van der Waals surface area (Å²) in [7, 11) is 0. The van der Waals surface area contributed by atoms with Crippen molar-refractivity contribution >= 4 is 17.3 Å². The zero-order chi connectivity index (χ0) is 18.9. The van der Waals surface area contributed by atoms with Crippen molar-refractivity contribution in [2.24, 2.45) is 4.99 Å². The predicted octanol–water partition coefficient (Wildman–Crippen LogP) is 3.85. The fraction of sp³-hybridized carbons (Fsp3) is 0.333. The predicted molar refractivity (Wildman–Crippen MR) is 113 cm³/mol. The quantitative estimate of drug-likeness (QED) is 0.460. The molecule has 3 aromatic rings. The highest BCUT2D eigenvalue weighted by Gasteiger charge is 2.08. The molecule has 0 aliphatic rings. The molecule has 0 saturated heterocycles. The van der Waals surface area contributed by atoms with Gasteiger partial charge in [0, 0.05) is 36.3 Å². The van der Waals surface area contributed by atoms with Crippen LogP contribution in [-0.2, 0) is 13.1 Å². The highest BCUT2D eigenvalue weighted by molar-refractivity contribution is 7.10. The molecular formula is C21H27N5S. The zero-order valence-electron chi connectivity index (χ0n) is 15.9. The second-order valence-electron chi connectivity index (χ2n) is 6.46. The molecule has 2 N–H and O–H groups in total. The number of aromatic nitrogens is 2. The van der Waals surface area contributed by atoms with E-state index in [1.807, 2.05) is 23.1 Å². The Morgan fingerprint density at radius 2 is 2.00 bits per heavy atom. The number of aliphatic imine (C=N–C) groups is 1. The van der Waals surface area contributed by atoms with Gasteiger partial charge >= 0.3 is 0 Å². The summed E-state index contributed by atoms with van der Waals surface area (Å²) in [6.07, 6.45) is 3.79. The van der Waals surface area contributed by atoms with Gasteiger partial charge in [-0.25, -0.2) is 4.99 Å². The van der Waals surface area contributed by atoms with Gasteiger partial charge in [0.2, 0.25) is 0 Å². The Bertz CT molecular complexity index is 824. The van der Waals surface area contributed by atoms with Crippen molar-refractivity contribution in [3.05, 3.63) is 76.2 Å². The number of benzene rings is 1. The van der Waals surface area contributed by atoms with E-state index in [1.165, 1.54) is 16.0 Å². The van der Waals surface area contributed by atoms with Crippen molar-refractivity contribution < 1.29 is 0 Å². The Labute approximate surface area is 165 Å². The SMILES string of the molecule is CCNC(=NCc1ccccc1Cn1cccn1)NCC(C)c1cccs1. The van der Waals surface area contributed by atoms with Crippen LogP contribution in [-0.4, -0.2) is 28.8 Å². The van der Waals surface area contributed by atoms with Crippen molar-refractivity contribution in [3.63, 3.8) is 0 Å². The number of hydrogen-bond donors (Lipinski definition) is 2. The summed E-state index contributed by atoms with van der Waals surface area (Å²) < 4.78 is 1.94. The molecule has 1 aromatic carbocycles. The summed E-state index contributed by atoms with van der Waals surface area (Å²) in [4.78, 5) is 6.19. The van der Waals surface area contributed by atoms with E-state index in [0.29, 0.717) is 12.5 Å². The van der Waals surface area contributed by atoms with Crippen LogP contribution in [0.4, 0.5) is 0 Å². The maximum Gasteiger partial charge on any atom is 0.191 e. The molecule has 1 unspecified atom stereocenters. The smallest absolute Gasteiger partial charge is 0.191 e. The first-order valence-corrected chi connectivity index (χ1v) is 10.2. The molecule has 0 amide bonds. The van der Waals surface area contributed by atoms with E-state index in [4.69, 9.17) is 4.99 Å². The summed E-state index contributed by atoms with van der Waals surface area (Å²) in [5.74, 6) is 1.32. The van der Waals surface area contributed by atoms with E-state index in [-0.39, 0.29) is 0 Å². The van der Waals surface area contributed by atoms with Gasteiger partial charge in [-0.2, -0.15) is 5.10 Å². The molecule has 27 heavy (non-hydrogen) atoms. The van der Waals surface area contributed by atoms with Gasteiger partial charge in [-0.3, -0.25) is 4.68 Å². The topological polar surface area (TPSA) is 54.2 Å². The molecular weight excluding hydrogens is 354 g/mol. The molecule has 0 saturated carbocycles. The maximum atomic E-state index is 4.80. The van der Waals surface area contributed by atoms with E-state index in [2.05, 4.69) is 71.4 Å². The third-order valence-corrected chi connectivity index (χ3v) is 5.47. The second-order valence-corrected chi connectivity index (χ2v) is 7.44. The van der Waals surface area contributed by atoms with E-state index in [0.717, 1.165) is 25.6 Å². The standard InChI is InChI=1S/C21H27N5S/c1-3-22-21(23-14-17(2)20-10-6-13-27-20)24-15-18-8-4-5-9-19(18)16-26-12-7-11-25-26/h4-13,17H,3,14-16H2,1-2H3,(H2,22,23,24). The Kier molecular flexibility index (Phi) is 7.04. The van der Waals surface area contributed by atoms with E-state index in [9.17, 15) is 0 Å². The number of thiophene rings is 1. The normalized spacial score (nSPS) is 12.7. The van der Waals surface area contributed by atoms with Gasteiger partial charge < -0.3 is 10.6 Å². The lowest BCUT2D eigenvalue weighted by molar-refractivity contribution is 0.680. The van der Waals surface area contributed by atoms with E-state index in [1.54, 1.807) is 11.3 Å². The van der Waals surface area contributed by atoms with Crippen molar-refractivity contribution in [3.8, 4) is 0 Å². The zero-order valence-corrected chi connectivity index (χ0v) is 16.7. The monoisotopic (exact) mass is 381 g/mol. The summed E-state index contributed by atoms with van der Waals surface area (Å²) in [5.41, 5.74) is 2.46. The van der Waals surface area contributed by atoms with Crippen LogP contribution >= 0.6 is 11.3 Å². The fourth-order valence-corrected chi connectivity index (χ4v) is 3.65. The van der Waals surface area contributed by atoms with Gasteiger partial charge in [-0.05, 0) is 35.6 Å². The lowest BCUT2D eigenvalue weighted by Crippen LogP contribution is -2.39. The molecule has 142 valence electrons. The van der Waals surface area contributed by atoms with Crippen LogP contribution in [0.5, 0.6) is 0 Å². The van der Waals surface area contributed by atoms with Gasteiger partial charge in [0.15, 0.2) is 5.96 Å². The summed E-state index contributed by atoms with van der Waals surface area (Å²) in [6.45, 7) is 7.43. The Balaban J connectivity index is 1.64. The minimum Gasteiger partial charge on any atom is -0.357 e. The van der Waals surface area contributed by atoms with Crippen LogP contribution in [0.1, 0.15) is 35.8 Å². The molecule has 1 atom stereocenters. The highest BCUT2D eigenvalue weighted by atomic mass is 32.1. The van der Waals surface area contributed by atoms with Crippen LogP contribution in [0.25, 0.3) is 0 Å². The number of hydrogen-bond acceptors (Lipinski definition) is 3. The maximum absolute atomic E-state index is 4.80. The van der Waals surface area contributed by atoms with Gasteiger partial charge in [0.1, 0.15) is 0 Å². The average molecular weight is 382 g/mol. The molecule has 2 aromatic heterocycles. The van der Waals surface area contributed by atoms with Gasteiger partial charge in [0.25, 0.3) is 0 Å². The Hall–Kier alpha value is -2.60. The van der Waals surface area contributed by atoms with Gasteiger partial charge in [-0.15, -0.1) is 11.3 Å². The number of nitrogens with zero attached hydrogens (tertiary/aromatic N) is 3. The molecule has 0 bridgehead atoms. The van der Waals surface area contributed by atoms with Crippen LogP contribution < -0.4 is 10.6 Å². The minimum absolute atomic E-state index is 0.459.